The van der Waals surface area contributed by atoms with Gasteiger partial charge in [0.15, 0.2) is 0 Å². The average Bonchev–Trinajstić information content (AvgIpc) is 2.32. The van der Waals surface area contributed by atoms with E-state index in [-0.39, 0.29) is 24.3 Å². The minimum atomic E-state index is -0.292. The Kier molecular flexibility index (Phi) is 5.70. The van der Waals surface area contributed by atoms with E-state index >= 15 is 0 Å². The Morgan fingerprint density at radius 1 is 1.44 bits per heavy atom. The fraction of sp³-hybridized carbons (Fsp3) is 0.357. The zero-order valence-corrected chi connectivity index (χ0v) is 11.2. The number of rotatable bonds is 5. The standard InChI is InChI=1S/C14H16ClNO2/c1-4-9-18-16-14(17)13(10(2)3)11-5-7-12(15)8-6-11/h1,5-8,10,13H,9H2,2-3H3,(H,16,17). The Hall–Kier alpha value is -1.50. The largest absolute Gasteiger partial charge is 0.272 e. The van der Waals surface area contributed by atoms with E-state index in [1.54, 1.807) is 12.1 Å². The minimum absolute atomic E-state index is 0.0528. The molecule has 0 bridgehead atoms. The van der Waals surface area contributed by atoms with Crippen LogP contribution >= 0.6 is 11.6 Å². The molecule has 1 aromatic rings. The molecular weight excluding hydrogens is 250 g/mol. The molecule has 1 aromatic carbocycles. The third-order valence-corrected chi connectivity index (χ3v) is 2.76. The number of nitrogens with one attached hydrogen (secondary N) is 1. The number of hydroxylamine groups is 1. The Bertz CT molecular complexity index is 434. The Morgan fingerprint density at radius 2 is 2.06 bits per heavy atom. The quantitative estimate of drug-likeness (QED) is 0.505. The van der Waals surface area contributed by atoms with Gasteiger partial charge in [0.2, 0.25) is 0 Å². The third-order valence-electron chi connectivity index (χ3n) is 2.51. The molecule has 1 N–H and O–H groups in total. The van der Waals surface area contributed by atoms with Gasteiger partial charge in [-0.15, -0.1) is 6.42 Å². The summed E-state index contributed by atoms with van der Waals surface area (Å²) in [6.07, 6.45) is 5.04. The number of amides is 1. The molecule has 18 heavy (non-hydrogen) atoms. The van der Waals surface area contributed by atoms with Gasteiger partial charge >= 0.3 is 0 Å². The van der Waals surface area contributed by atoms with Crippen molar-refractivity contribution in [1.29, 1.82) is 0 Å². The van der Waals surface area contributed by atoms with Crippen LogP contribution in [0.2, 0.25) is 5.02 Å². The van der Waals surface area contributed by atoms with Crippen LogP contribution in [0, 0.1) is 18.3 Å². The summed E-state index contributed by atoms with van der Waals surface area (Å²) in [4.78, 5) is 16.9. The summed E-state index contributed by atoms with van der Waals surface area (Å²) < 4.78 is 0. The maximum absolute atomic E-state index is 12.0. The van der Waals surface area contributed by atoms with Gasteiger partial charge in [-0.05, 0) is 23.6 Å². The number of hydrogen-bond acceptors (Lipinski definition) is 2. The van der Waals surface area contributed by atoms with E-state index in [2.05, 4.69) is 11.4 Å². The number of terminal acetylenes is 1. The number of benzene rings is 1. The summed E-state index contributed by atoms with van der Waals surface area (Å²) in [6.45, 7) is 4.00. The molecule has 0 fully saturated rings. The van der Waals surface area contributed by atoms with Crippen molar-refractivity contribution in [2.45, 2.75) is 19.8 Å². The van der Waals surface area contributed by atoms with Crippen molar-refractivity contribution >= 4 is 17.5 Å². The molecule has 0 aliphatic heterocycles. The predicted molar refractivity (Wildman–Crippen MR) is 72.0 cm³/mol. The molecule has 96 valence electrons. The van der Waals surface area contributed by atoms with Crippen LogP contribution in [0.5, 0.6) is 0 Å². The number of carbonyl (C=O) groups excluding carboxylic acids is 1. The SMILES string of the molecule is C#CCONC(=O)C(c1ccc(Cl)cc1)C(C)C. The maximum Gasteiger partial charge on any atom is 0.251 e. The summed E-state index contributed by atoms with van der Waals surface area (Å²) in [7, 11) is 0. The van der Waals surface area contributed by atoms with Gasteiger partial charge in [0, 0.05) is 5.02 Å². The van der Waals surface area contributed by atoms with Gasteiger partial charge in [-0.25, -0.2) is 5.48 Å². The zero-order chi connectivity index (χ0) is 13.5. The average molecular weight is 266 g/mol. The van der Waals surface area contributed by atoms with E-state index in [1.165, 1.54) is 0 Å². The van der Waals surface area contributed by atoms with Crippen molar-refractivity contribution < 1.29 is 9.63 Å². The van der Waals surface area contributed by atoms with Gasteiger partial charge in [-0.1, -0.05) is 43.5 Å². The highest BCUT2D eigenvalue weighted by molar-refractivity contribution is 6.30. The molecule has 1 rings (SSSR count). The van der Waals surface area contributed by atoms with Crippen LogP contribution in [0.15, 0.2) is 24.3 Å². The first-order valence-corrected chi connectivity index (χ1v) is 6.04. The molecule has 0 saturated carbocycles. The first-order chi connectivity index (χ1) is 8.56. The maximum atomic E-state index is 12.0. The zero-order valence-electron chi connectivity index (χ0n) is 10.4. The lowest BCUT2D eigenvalue weighted by Gasteiger charge is -2.20. The summed E-state index contributed by atoms with van der Waals surface area (Å²) in [5.74, 6) is 1.93. The second-order valence-corrected chi connectivity index (χ2v) is 4.67. The van der Waals surface area contributed by atoms with Crippen LogP contribution in [0.1, 0.15) is 25.3 Å². The number of halogens is 1. The lowest BCUT2D eigenvalue weighted by Crippen LogP contribution is -2.32. The Morgan fingerprint density at radius 3 is 2.56 bits per heavy atom. The van der Waals surface area contributed by atoms with Gasteiger partial charge < -0.3 is 0 Å². The molecule has 0 saturated heterocycles. The lowest BCUT2D eigenvalue weighted by molar-refractivity contribution is -0.135. The van der Waals surface area contributed by atoms with Crippen molar-refractivity contribution in [3.63, 3.8) is 0 Å². The number of hydrogen-bond donors (Lipinski definition) is 1. The van der Waals surface area contributed by atoms with Crippen molar-refractivity contribution in [2.24, 2.45) is 5.92 Å². The lowest BCUT2D eigenvalue weighted by atomic mass is 9.88. The summed E-state index contributed by atoms with van der Waals surface area (Å²) in [5.41, 5.74) is 3.26. The van der Waals surface area contributed by atoms with Crippen LogP contribution in [-0.4, -0.2) is 12.5 Å². The normalized spacial score (nSPS) is 11.9. The minimum Gasteiger partial charge on any atom is -0.272 e. The van der Waals surface area contributed by atoms with E-state index in [1.807, 2.05) is 26.0 Å². The third kappa shape index (κ3) is 4.06. The van der Waals surface area contributed by atoms with Gasteiger partial charge in [-0.3, -0.25) is 9.63 Å². The number of carbonyl (C=O) groups is 1. The van der Waals surface area contributed by atoms with Crippen LogP contribution in [0.25, 0.3) is 0 Å². The second kappa shape index (κ2) is 7.05. The van der Waals surface area contributed by atoms with E-state index in [9.17, 15) is 4.79 Å². The molecule has 0 radical (unpaired) electrons. The van der Waals surface area contributed by atoms with Crippen LogP contribution in [-0.2, 0) is 9.63 Å². The monoisotopic (exact) mass is 265 g/mol. The van der Waals surface area contributed by atoms with E-state index in [0.717, 1.165) is 5.56 Å². The topological polar surface area (TPSA) is 38.3 Å². The second-order valence-electron chi connectivity index (χ2n) is 4.23. The van der Waals surface area contributed by atoms with Gasteiger partial charge in [-0.2, -0.15) is 0 Å². The van der Waals surface area contributed by atoms with E-state index in [4.69, 9.17) is 22.9 Å². The van der Waals surface area contributed by atoms with Crippen molar-refractivity contribution in [3.05, 3.63) is 34.9 Å². The Labute approximate surface area is 112 Å². The van der Waals surface area contributed by atoms with Crippen LogP contribution < -0.4 is 5.48 Å². The van der Waals surface area contributed by atoms with E-state index < -0.39 is 0 Å². The molecule has 0 aliphatic carbocycles. The molecule has 1 unspecified atom stereocenters. The van der Waals surface area contributed by atoms with Crippen molar-refractivity contribution in [2.75, 3.05) is 6.61 Å². The summed E-state index contributed by atoms with van der Waals surface area (Å²) in [5, 5.41) is 0.644. The molecule has 3 nitrogen and oxygen atoms in total. The van der Waals surface area contributed by atoms with Crippen LogP contribution in [0.3, 0.4) is 0 Å². The van der Waals surface area contributed by atoms with Crippen LogP contribution in [0.4, 0.5) is 0 Å². The van der Waals surface area contributed by atoms with E-state index in [0.29, 0.717) is 5.02 Å². The fourth-order valence-electron chi connectivity index (χ4n) is 1.72. The highest BCUT2D eigenvalue weighted by Gasteiger charge is 2.24. The molecule has 4 heteroatoms. The first kappa shape index (κ1) is 14.6. The van der Waals surface area contributed by atoms with Gasteiger partial charge in [0.05, 0.1) is 5.92 Å². The Balaban J connectivity index is 2.80. The molecule has 0 heterocycles. The predicted octanol–water partition coefficient (Wildman–Crippen LogP) is 2.76. The highest BCUT2D eigenvalue weighted by Crippen LogP contribution is 2.25. The van der Waals surface area contributed by atoms with Crippen molar-refractivity contribution in [3.8, 4) is 12.3 Å². The summed E-state index contributed by atoms with van der Waals surface area (Å²) >= 11 is 5.83. The molecule has 1 atom stereocenters. The smallest absolute Gasteiger partial charge is 0.251 e. The van der Waals surface area contributed by atoms with Crippen molar-refractivity contribution in [1.82, 2.24) is 5.48 Å². The van der Waals surface area contributed by atoms with Gasteiger partial charge in [0.1, 0.15) is 6.61 Å². The van der Waals surface area contributed by atoms with Gasteiger partial charge in [0.25, 0.3) is 5.91 Å². The molecule has 1 amide bonds. The molecular formula is C14H16ClNO2. The molecule has 0 spiro atoms. The first-order valence-electron chi connectivity index (χ1n) is 5.66. The summed E-state index contributed by atoms with van der Waals surface area (Å²) in [6, 6.07) is 7.21. The molecule has 0 aliphatic rings. The molecule has 0 aromatic heterocycles. The highest BCUT2D eigenvalue weighted by atomic mass is 35.5. The fourth-order valence-corrected chi connectivity index (χ4v) is 1.85.